The molecule has 0 radical (unpaired) electrons. The van der Waals surface area contributed by atoms with Gasteiger partial charge in [0.1, 0.15) is 6.04 Å². The highest BCUT2D eigenvalue weighted by molar-refractivity contribution is 9.10. The Labute approximate surface area is 174 Å². The topological polar surface area (TPSA) is 63.7 Å². The van der Waals surface area contributed by atoms with Crippen molar-refractivity contribution in [3.05, 3.63) is 27.7 Å². The molecule has 0 heterocycles. The van der Waals surface area contributed by atoms with Crippen LogP contribution in [0.4, 0.5) is 5.69 Å². The zero-order valence-corrected chi connectivity index (χ0v) is 19.0. The first-order valence-corrected chi connectivity index (χ1v) is 10.8. The van der Waals surface area contributed by atoms with Gasteiger partial charge in [0, 0.05) is 10.9 Å². The van der Waals surface area contributed by atoms with Crippen LogP contribution < -0.4 is 4.90 Å². The molecule has 150 valence electrons. The molecule has 7 heteroatoms. The van der Waals surface area contributed by atoms with Crippen molar-refractivity contribution in [3.63, 3.8) is 0 Å². The van der Waals surface area contributed by atoms with E-state index in [1.807, 2.05) is 26.0 Å². The number of halogens is 1. The van der Waals surface area contributed by atoms with Crippen LogP contribution in [-0.2, 0) is 19.1 Å². The van der Waals surface area contributed by atoms with E-state index in [2.05, 4.69) is 22.9 Å². The van der Waals surface area contributed by atoms with Gasteiger partial charge < -0.3 is 4.74 Å². The van der Waals surface area contributed by atoms with Crippen molar-refractivity contribution >= 4 is 50.4 Å². The molecule has 0 unspecified atom stereocenters. The monoisotopic (exact) mass is 457 g/mol. The van der Waals surface area contributed by atoms with Gasteiger partial charge in [-0.3, -0.25) is 14.5 Å². The molecule has 0 saturated carbocycles. The molecular weight excluding hydrogens is 430 g/mol. The third-order valence-corrected chi connectivity index (χ3v) is 6.12. The molecule has 0 aromatic heterocycles. The summed E-state index contributed by atoms with van der Waals surface area (Å²) in [5.74, 6) is -0.787. The van der Waals surface area contributed by atoms with E-state index in [4.69, 9.17) is 4.74 Å². The molecule has 1 atom stereocenters. The molecule has 1 aromatic carbocycles. The Hall–Kier alpha value is -1.34. The lowest BCUT2D eigenvalue weighted by Gasteiger charge is -2.30. The third kappa shape index (κ3) is 6.64. The minimum Gasteiger partial charge on any atom is -0.467 e. The van der Waals surface area contributed by atoms with E-state index in [1.54, 1.807) is 6.92 Å². The molecule has 5 nitrogen and oxygen atoms in total. The normalized spacial score (nSPS) is 11.8. The number of unbranched alkanes of at least 4 members (excludes halogenated alkanes) is 2. The zero-order valence-electron chi connectivity index (χ0n) is 16.6. The number of benzene rings is 1. The molecule has 0 saturated heterocycles. The highest BCUT2D eigenvalue weighted by Crippen LogP contribution is 2.32. The van der Waals surface area contributed by atoms with Gasteiger partial charge in [0.25, 0.3) is 0 Å². The fraction of sp³-hybridized carbons (Fsp3) is 0.550. The Morgan fingerprint density at radius 1 is 1.22 bits per heavy atom. The summed E-state index contributed by atoms with van der Waals surface area (Å²) in [5, 5.41) is 0.00478. The van der Waals surface area contributed by atoms with E-state index < -0.39 is 12.0 Å². The summed E-state index contributed by atoms with van der Waals surface area (Å²) < 4.78 is 5.70. The predicted octanol–water partition coefficient (Wildman–Crippen LogP) is 4.80. The van der Waals surface area contributed by atoms with Crippen molar-refractivity contribution < 1.29 is 19.1 Å². The molecule has 1 rings (SSSR count). The number of carbonyl (C=O) groups excluding carboxylic acids is 3. The molecule has 0 bridgehead atoms. The van der Waals surface area contributed by atoms with Gasteiger partial charge in [-0.1, -0.05) is 53.5 Å². The molecule has 27 heavy (non-hydrogen) atoms. The summed E-state index contributed by atoms with van der Waals surface area (Å²) in [4.78, 5) is 38.6. The van der Waals surface area contributed by atoms with Crippen LogP contribution in [0.1, 0.15) is 50.7 Å². The molecule has 1 aromatic rings. The van der Waals surface area contributed by atoms with E-state index in [1.165, 1.54) is 12.0 Å². The lowest BCUT2D eigenvalue weighted by molar-refractivity contribution is -0.142. The molecule has 0 aliphatic rings. The average molecular weight is 458 g/mol. The lowest BCUT2D eigenvalue weighted by Crippen LogP contribution is -2.45. The fourth-order valence-corrected chi connectivity index (χ4v) is 3.83. The van der Waals surface area contributed by atoms with Gasteiger partial charge in [-0.15, -0.1) is 0 Å². The highest BCUT2D eigenvalue weighted by atomic mass is 79.9. The van der Waals surface area contributed by atoms with Crippen LogP contribution in [0.2, 0.25) is 0 Å². The smallest absolute Gasteiger partial charge is 0.328 e. The van der Waals surface area contributed by atoms with Gasteiger partial charge in [0.05, 0.1) is 18.6 Å². The average Bonchev–Trinajstić information content (AvgIpc) is 2.65. The lowest BCUT2D eigenvalue weighted by atomic mass is 10.1. The maximum Gasteiger partial charge on any atom is 0.328 e. The zero-order chi connectivity index (χ0) is 20.6. The molecule has 0 fully saturated rings. The minimum absolute atomic E-state index is 0.00230. The highest BCUT2D eigenvalue weighted by Gasteiger charge is 2.31. The van der Waals surface area contributed by atoms with Crippen molar-refractivity contribution in [3.8, 4) is 0 Å². The fourth-order valence-electron chi connectivity index (χ4n) is 2.80. The van der Waals surface area contributed by atoms with Gasteiger partial charge in [-0.25, -0.2) is 4.79 Å². The quantitative estimate of drug-likeness (QED) is 0.393. The number of rotatable bonds is 9. The number of anilines is 1. The number of methoxy groups -OCH3 is 1. The summed E-state index contributed by atoms with van der Waals surface area (Å²) >= 11 is 4.50. The van der Waals surface area contributed by atoms with Gasteiger partial charge in [-0.05, 0) is 44.4 Å². The number of carbonyl (C=O) groups is 3. The first-order valence-electron chi connectivity index (χ1n) is 9.05. The Bertz CT molecular complexity index is 693. The Morgan fingerprint density at radius 2 is 1.89 bits per heavy atom. The molecule has 0 N–H and O–H groups in total. The second-order valence-electron chi connectivity index (χ2n) is 6.42. The maximum atomic E-state index is 13.0. The van der Waals surface area contributed by atoms with Crippen molar-refractivity contribution in [2.75, 3.05) is 17.8 Å². The molecule has 0 aliphatic carbocycles. The minimum atomic E-state index is -0.787. The number of ether oxygens (including phenoxy) is 1. The summed E-state index contributed by atoms with van der Waals surface area (Å²) in [7, 11) is 1.30. The third-order valence-electron chi connectivity index (χ3n) is 4.35. The Kier molecular flexibility index (Phi) is 10.1. The number of hydrogen-bond donors (Lipinski definition) is 0. The van der Waals surface area contributed by atoms with Crippen molar-refractivity contribution in [1.29, 1.82) is 0 Å². The summed E-state index contributed by atoms with van der Waals surface area (Å²) in [6.07, 6.45) is 3.35. The van der Waals surface area contributed by atoms with Crippen LogP contribution in [0.25, 0.3) is 0 Å². The SMILES string of the molecule is CCCCCC(=O)SCC(=O)N(c1c(C)ccc(Br)c1C)[C@@H](C)C(=O)OC. The van der Waals surface area contributed by atoms with Crippen molar-refractivity contribution in [1.82, 2.24) is 0 Å². The van der Waals surface area contributed by atoms with Crippen molar-refractivity contribution in [2.24, 2.45) is 0 Å². The molecule has 0 aliphatic heterocycles. The van der Waals surface area contributed by atoms with E-state index in [9.17, 15) is 14.4 Å². The standard InChI is InChI=1S/C20H28BrNO4S/c1-6-7-8-9-18(24)27-12-17(23)22(15(4)20(25)26-5)19-13(2)10-11-16(21)14(19)3/h10-11,15H,6-9,12H2,1-5H3/t15-/m0/s1. The van der Waals surface area contributed by atoms with Gasteiger partial charge >= 0.3 is 5.97 Å². The predicted molar refractivity (Wildman–Crippen MR) is 114 cm³/mol. The van der Waals surface area contributed by atoms with E-state index in [0.29, 0.717) is 12.1 Å². The first-order chi connectivity index (χ1) is 12.7. The van der Waals surface area contributed by atoms with E-state index in [0.717, 1.165) is 46.6 Å². The van der Waals surface area contributed by atoms with Crippen LogP contribution >= 0.6 is 27.7 Å². The van der Waals surface area contributed by atoms with Gasteiger partial charge in [-0.2, -0.15) is 0 Å². The first kappa shape index (κ1) is 23.7. The van der Waals surface area contributed by atoms with Crippen LogP contribution in [0, 0.1) is 13.8 Å². The molecule has 0 spiro atoms. The molecular formula is C20H28BrNO4S. The number of aryl methyl sites for hydroxylation is 1. The van der Waals surface area contributed by atoms with Gasteiger partial charge in [0.15, 0.2) is 5.12 Å². The summed E-state index contributed by atoms with van der Waals surface area (Å²) in [6, 6.07) is 3.01. The van der Waals surface area contributed by atoms with Gasteiger partial charge in [0.2, 0.25) is 5.91 Å². The maximum absolute atomic E-state index is 13.0. The van der Waals surface area contributed by atoms with Crippen molar-refractivity contribution in [2.45, 2.75) is 59.4 Å². The number of nitrogens with zero attached hydrogens (tertiary/aromatic N) is 1. The summed E-state index contributed by atoms with van der Waals surface area (Å²) in [5.41, 5.74) is 2.41. The van der Waals surface area contributed by atoms with Crippen LogP contribution in [0.15, 0.2) is 16.6 Å². The second kappa shape index (κ2) is 11.5. The van der Waals surface area contributed by atoms with Crippen LogP contribution in [-0.4, -0.2) is 35.9 Å². The number of amides is 1. The Balaban J connectivity index is 3.07. The van der Waals surface area contributed by atoms with Crippen LogP contribution in [0.3, 0.4) is 0 Å². The second-order valence-corrected chi connectivity index (χ2v) is 8.31. The number of esters is 1. The van der Waals surface area contributed by atoms with E-state index in [-0.39, 0.29) is 16.8 Å². The largest absolute Gasteiger partial charge is 0.467 e. The molecule has 1 amide bonds. The van der Waals surface area contributed by atoms with Crippen LogP contribution in [0.5, 0.6) is 0 Å². The number of hydrogen-bond acceptors (Lipinski definition) is 5. The Morgan fingerprint density at radius 3 is 2.48 bits per heavy atom. The number of thioether (sulfide) groups is 1. The summed E-state index contributed by atoms with van der Waals surface area (Å²) in [6.45, 7) is 7.50. The van der Waals surface area contributed by atoms with E-state index >= 15 is 0 Å².